The molecule has 1 heterocycles. The molecule has 0 fully saturated rings. The van der Waals surface area contributed by atoms with Crippen molar-refractivity contribution in [2.24, 2.45) is 0 Å². The first-order valence-electron chi connectivity index (χ1n) is 10.0. The summed E-state index contributed by atoms with van der Waals surface area (Å²) in [6.07, 6.45) is 1.07. The van der Waals surface area contributed by atoms with E-state index in [9.17, 15) is 13.2 Å². The molecular weight excluding hydrogens is 420 g/mol. The van der Waals surface area contributed by atoms with Crippen LogP contribution in [0.4, 0.5) is 5.69 Å². The average Bonchev–Trinajstić information content (AvgIpc) is 2.72. The van der Waals surface area contributed by atoms with Gasteiger partial charge in [-0.2, -0.15) is 0 Å². The van der Waals surface area contributed by atoms with Crippen LogP contribution in [-0.2, 0) is 14.8 Å². The third-order valence-electron chi connectivity index (χ3n) is 5.08. The van der Waals surface area contributed by atoms with Gasteiger partial charge in [0.2, 0.25) is 15.9 Å². The maximum Gasteiger partial charge on any atom is 0.243 e. The number of nitrogens with zero attached hydrogens (tertiary/aromatic N) is 1. The molecule has 0 saturated heterocycles. The van der Waals surface area contributed by atoms with Crippen LogP contribution in [0.3, 0.4) is 0 Å². The number of nitrogens with one attached hydrogen (secondary N) is 1. The predicted molar refractivity (Wildman–Crippen MR) is 119 cm³/mol. The summed E-state index contributed by atoms with van der Waals surface area (Å²) in [4.78, 5) is 12.7. The van der Waals surface area contributed by atoms with Crippen molar-refractivity contribution >= 4 is 21.6 Å². The second-order valence-electron chi connectivity index (χ2n) is 7.40. The third-order valence-corrected chi connectivity index (χ3v) is 6.32. The van der Waals surface area contributed by atoms with E-state index >= 15 is 0 Å². The topological polar surface area (TPSA) is 94.2 Å². The zero-order valence-electron chi connectivity index (χ0n) is 18.2. The minimum absolute atomic E-state index is 0.245. The van der Waals surface area contributed by atoms with Gasteiger partial charge >= 0.3 is 0 Å². The number of carbonyl (C=O) groups excluding carboxylic acids is 1. The minimum Gasteiger partial charge on any atom is -0.491 e. The normalized spacial score (nSPS) is 13.9. The van der Waals surface area contributed by atoms with Crippen LogP contribution in [0.2, 0.25) is 0 Å². The number of amides is 1. The molecule has 3 rings (SSSR count). The Morgan fingerprint density at radius 2 is 1.87 bits per heavy atom. The molecule has 0 saturated carbocycles. The van der Waals surface area contributed by atoms with Gasteiger partial charge < -0.3 is 19.5 Å². The number of hydrogen-bond acceptors (Lipinski definition) is 6. The molecule has 1 atom stereocenters. The number of sulfonamides is 1. The van der Waals surface area contributed by atoms with Gasteiger partial charge in [-0.15, -0.1) is 0 Å². The van der Waals surface area contributed by atoms with E-state index in [-0.39, 0.29) is 13.2 Å². The third kappa shape index (κ3) is 5.41. The highest BCUT2D eigenvalue weighted by molar-refractivity contribution is 7.92. The highest BCUT2D eigenvalue weighted by Crippen LogP contribution is 2.35. The zero-order chi connectivity index (χ0) is 22.6. The molecule has 0 radical (unpaired) electrons. The molecule has 1 unspecified atom stereocenters. The maximum atomic E-state index is 12.7. The molecule has 1 N–H and O–H groups in total. The van der Waals surface area contributed by atoms with Crippen LogP contribution in [0.5, 0.6) is 17.2 Å². The molecule has 2 aromatic rings. The summed E-state index contributed by atoms with van der Waals surface area (Å²) in [6.45, 7) is 6.85. The number of anilines is 1. The molecular formula is C22H28N2O6S. The van der Waals surface area contributed by atoms with E-state index in [1.165, 1.54) is 0 Å². The molecule has 9 heteroatoms. The lowest BCUT2D eigenvalue weighted by atomic mass is 10.1. The second kappa shape index (κ2) is 9.47. The molecule has 1 aliphatic heterocycles. The Morgan fingerprint density at radius 3 is 2.58 bits per heavy atom. The van der Waals surface area contributed by atoms with Crippen molar-refractivity contribution in [1.29, 1.82) is 0 Å². The predicted octanol–water partition coefficient (Wildman–Crippen LogP) is 2.42. The van der Waals surface area contributed by atoms with E-state index in [1.54, 1.807) is 25.1 Å². The summed E-state index contributed by atoms with van der Waals surface area (Å²) in [6, 6.07) is 9.65. The van der Waals surface area contributed by atoms with Crippen LogP contribution < -0.4 is 23.8 Å². The van der Waals surface area contributed by atoms with Gasteiger partial charge in [0.05, 0.1) is 18.5 Å². The summed E-state index contributed by atoms with van der Waals surface area (Å²) in [5.74, 6) is 1.33. The van der Waals surface area contributed by atoms with Crippen molar-refractivity contribution in [3.8, 4) is 17.2 Å². The highest BCUT2D eigenvalue weighted by Gasteiger charge is 2.30. The fourth-order valence-corrected chi connectivity index (χ4v) is 4.51. The summed E-state index contributed by atoms with van der Waals surface area (Å²) in [7, 11) is -3.73. The van der Waals surface area contributed by atoms with Crippen molar-refractivity contribution in [3.63, 3.8) is 0 Å². The van der Waals surface area contributed by atoms with Crippen LogP contribution in [0.25, 0.3) is 0 Å². The van der Waals surface area contributed by atoms with Crippen molar-refractivity contribution in [1.82, 2.24) is 5.32 Å². The SMILES string of the molecule is Cc1cccc(OCCNC(=O)C(C)N(c2ccc3c(c2)OCCO3)S(C)(=O)=O)c1C. The lowest BCUT2D eigenvalue weighted by molar-refractivity contribution is -0.121. The van der Waals surface area contributed by atoms with E-state index in [2.05, 4.69) is 5.32 Å². The summed E-state index contributed by atoms with van der Waals surface area (Å²) in [5, 5.41) is 2.75. The first kappa shape index (κ1) is 22.7. The van der Waals surface area contributed by atoms with E-state index in [0.717, 1.165) is 27.4 Å². The van der Waals surface area contributed by atoms with Crippen LogP contribution in [0, 0.1) is 13.8 Å². The Morgan fingerprint density at radius 1 is 1.16 bits per heavy atom. The van der Waals surface area contributed by atoms with Crippen molar-refractivity contribution in [2.45, 2.75) is 26.8 Å². The number of fused-ring (bicyclic) bond motifs is 1. The summed E-state index contributed by atoms with van der Waals surface area (Å²) >= 11 is 0. The number of aryl methyl sites for hydroxylation is 1. The number of rotatable bonds is 8. The van der Waals surface area contributed by atoms with E-state index < -0.39 is 22.0 Å². The van der Waals surface area contributed by atoms with Crippen molar-refractivity contribution in [3.05, 3.63) is 47.5 Å². The molecule has 8 nitrogen and oxygen atoms in total. The smallest absolute Gasteiger partial charge is 0.243 e. The minimum atomic E-state index is -3.73. The van der Waals surface area contributed by atoms with Crippen molar-refractivity contribution in [2.75, 3.05) is 36.9 Å². The molecule has 2 aromatic carbocycles. The molecule has 31 heavy (non-hydrogen) atoms. The Kier molecular flexibility index (Phi) is 6.94. The Hall–Kier alpha value is -2.94. The molecule has 0 bridgehead atoms. The molecule has 0 aliphatic carbocycles. The van der Waals surface area contributed by atoms with Gasteiger partial charge in [0.15, 0.2) is 11.5 Å². The molecule has 1 amide bonds. The Bertz CT molecular complexity index is 1050. The summed E-state index contributed by atoms with van der Waals surface area (Å²) < 4.78 is 42.8. The standard InChI is InChI=1S/C22H28N2O6S/c1-15-6-5-7-19(16(15)2)28-11-10-23-22(25)17(3)24(31(4,26)27)18-8-9-20-21(14-18)30-13-12-29-20/h5-9,14,17H,10-13H2,1-4H3,(H,23,25). The van der Waals surface area contributed by atoms with E-state index in [0.29, 0.717) is 30.4 Å². The van der Waals surface area contributed by atoms with Crippen molar-refractivity contribution < 1.29 is 27.4 Å². The number of benzene rings is 2. The monoisotopic (exact) mass is 448 g/mol. The van der Waals surface area contributed by atoms with Crippen LogP contribution in [-0.4, -0.2) is 53.0 Å². The molecule has 0 aromatic heterocycles. The van der Waals surface area contributed by atoms with Gasteiger partial charge in [-0.25, -0.2) is 8.42 Å². The van der Waals surface area contributed by atoms with Crippen LogP contribution >= 0.6 is 0 Å². The fraction of sp³-hybridized carbons (Fsp3) is 0.409. The van der Waals surface area contributed by atoms with Gasteiger partial charge in [0, 0.05) is 6.07 Å². The largest absolute Gasteiger partial charge is 0.491 e. The summed E-state index contributed by atoms with van der Waals surface area (Å²) in [5.41, 5.74) is 2.50. The lowest BCUT2D eigenvalue weighted by Gasteiger charge is -2.29. The zero-order valence-corrected chi connectivity index (χ0v) is 19.0. The van der Waals surface area contributed by atoms with Crippen LogP contribution in [0.1, 0.15) is 18.1 Å². The maximum absolute atomic E-state index is 12.7. The number of hydrogen-bond donors (Lipinski definition) is 1. The first-order chi connectivity index (χ1) is 14.7. The first-order valence-corrected chi connectivity index (χ1v) is 11.9. The van der Waals surface area contributed by atoms with Gasteiger partial charge in [0.1, 0.15) is 31.6 Å². The Labute approximate surface area is 183 Å². The molecule has 0 spiro atoms. The van der Waals surface area contributed by atoms with Gasteiger partial charge in [-0.3, -0.25) is 9.10 Å². The van der Waals surface area contributed by atoms with Gasteiger partial charge in [0.25, 0.3) is 0 Å². The highest BCUT2D eigenvalue weighted by atomic mass is 32.2. The number of carbonyl (C=O) groups is 1. The van der Waals surface area contributed by atoms with Gasteiger partial charge in [-0.1, -0.05) is 12.1 Å². The van der Waals surface area contributed by atoms with E-state index in [1.807, 2.05) is 32.0 Å². The molecule has 168 valence electrons. The van der Waals surface area contributed by atoms with E-state index in [4.69, 9.17) is 14.2 Å². The molecule has 1 aliphatic rings. The Balaban J connectivity index is 1.65. The average molecular weight is 449 g/mol. The number of ether oxygens (including phenoxy) is 3. The second-order valence-corrected chi connectivity index (χ2v) is 9.26. The fourth-order valence-electron chi connectivity index (χ4n) is 3.34. The lowest BCUT2D eigenvalue weighted by Crippen LogP contribution is -2.48. The van der Waals surface area contributed by atoms with Crippen LogP contribution in [0.15, 0.2) is 36.4 Å². The quantitative estimate of drug-likeness (QED) is 0.624. The van der Waals surface area contributed by atoms with Gasteiger partial charge in [-0.05, 0) is 50.1 Å².